The van der Waals surface area contributed by atoms with E-state index in [4.69, 9.17) is 9.47 Å². The Morgan fingerprint density at radius 3 is 2.32 bits per heavy atom. The summed E-state index contributed by atoms with van der Waals surface area (Å²) in [7, 11) is 0. The predicted molar refractivity (Wildman–Crippen MR) is 124 cm³/mol. The van der Waals surface area contributed by atoms with Gasteiger partial charge in [0, 0.05) is 21.9 Å². The standard InChI is InChI=1S/C25H25NO4S/c1-3-29-25(28)20-11-14-23(18(2)17-20)26-24(27)19-9-12-21(13-10-19)30-15-16-31-22-7-5-4-6-8-22/h4-14,17H,3,15-16H2,1-2H3,(H,26,27). The first-order valence-electron chi connectivity index (χ1n) is 10.1. The van der Waals surface area contributed by atoms with E-state index in [1.807, 2.05) is 25.1 Å². The fraction of sp³-hybridized carbons (Fsp3) is 0.200. The van der Waals surface area contributed by atoms with Crippen molar-refractivity contribution in [1.29, 1.82) is 0 Å². The smallest absolute Gasteiger partial charge is 0.338 e. The van der Waals surface area contributed by atoms with E-state index >= 15 is 0 Å². The minimum Gasteiger partial charge on any atom is -0.493 e. The van der Waals surface area contributed by atoms with E-state index < -0.39 is 0 Å². The number of aryl methyl sites for hydroxylation is 1. The number of esters is 1. The van der Waals surface area contributed by atoms with E-state index in [2.05, 4.69) is 17.4 Å². The normalized spacial score (nSPS) is 10.4. The second-order valence-electron chi connectivity index (χ2n) is 6.74. The molecule has 160 valence electrons. The molecule has 1 N–H and O–H groups in total. The van der Waals surface area contributed by atoms with Crippen molar-refractivity contribution in [1.82, 2.24) is 0 Å². The van der Waals surface area contributed by atoms with E-state index in [-0.39, 0.29) is 11.9 Å². The van der Waals surface area contributed by atoms with E-state index in [0.29, 0.717) is 30.0 Å². The monoisotopic (exact) mass is 435 g/mol. The highest BCUT2D eigenvalue weighted by Crippen LogP contribution is 2.20. The molecule has 0 aliphatic rings. The first-order chi connectivity index (χ1) is 15.1. The van der Waals surface area contributed by atoms with Gasteiger partial charge in [-0.1, -0.05) is 18.2 Å². The third-order valence-electron chi connectivity index (χ3n) is 4.47. The van der Waals surface area contributed by atoms with Crippen molar-refractivity contribution < 1.29 is 19.1 Å². The van der Waals surface area contributed by atoms with Gasteiger partial charge in [-0.05, 0) is 74.0 Å². The molecule has 3 aromatic carbocycles. The van der Waals surface area contributed by atoms with Crippen molar-refractivity contribution in [2.24, 2.45) is 0 Å². The van der Waals surface area contributed by atoms with Crippen LogP contribution in [0, 0.1) is 6.92 Å². The summed E-state index contributed by atoms with van der Waals surface area (Å²) < 4.78 is 10.8. The van der Waals surface area contributed by atoms with Crippen molar-refractivity contribution in [3.05, 3.63) is 89.5 Å². The maximum Gasteiger partial charge on any atom is 0.338 e. The third kappa shape index (κ3) is 6.62. The number of hydrogen-bond donors (Lipinski definition) is 1. The maximum absolute atomic E-state index is 12.6. The largest absolute Gasteiger partial charge is 0.493 e. The van der Waals surface area contributed by atoms with Gasteiger partial charge in [0.25, 0.3) is 5.91 Å². The summed E-state index contributed by atoms with van der Waals surface area (Å²) in [5, 5.41) is 2.88. The van der Waals surface area contributed by atoms with Gasteiger partial charge in [-0.25, -0.2) is 4.79 Å². The molecule has 0 atom stereocenters. The Hall–Kier alpha value is -3.25. The lowest BCUT2D eigenvalue weighted by Gasteiger charge is -2.11. The minimum absolute atomic E-state index is 0.224. The number of hydrogen-bond acceptors (Lipinski definition) is 5. The molecule has 0 aromatic heterocycles. The number of rotatable bonds is 9. The van der Waals surface area contributed by atoms with Crippen LogP contribution in [0.4, 0.5) is 5.69 Å². The number of carbonyl (C=O) groups is 2. The first kappa shape index (κ1) is 22.4. The van der Waals surface area contributed by atoms with E-state index in [0.717, 1.165) is 17.1 Å². The zero-order chi connectivity index (χ0) is 22.1. The minimum atomic E-state index is -0.374. The van der Waals surface area contributed by atoms with Crippen molar-refractivity contribution in [2.45, 2.75) is 18.7 Å². The zero-order valence-electron chi connectivity index (χ0n) is 17.6. The third-order valence-corrected chi connectivity index (χ3v) is 5.44. The van der Waals surface area contributed by atoms with Gasteiger partial charge in [-0.3, -0.25) is 4.79 Å². The van der Waals surface area contributed by atoms with Crippen molar-refractivity contribution in [2.75, 3.05) is 24.3 Å². The summed E-state index contributed by atoms with van der Waals surface area (Å²) in [6.07, 6.45) is 0. The van der Waals surface area contributed by atoms with Gasteiger partial charge in [0.1, 0.15) is 5.75 Å². The summed E-state index contributed by atoms with van der Waals surface area (Å²) in [6.45, 7) is 4.50. The van der Waals surface area contributed by atoms with Crippen LogP contribution >= 0.6 is 11.8 Å². The van der Waals surface area contributed by atoms with Crippen molar-refractivity contribution in [3.8, 4) is 5.75 Å². The fourth-order valence-corrected chi connectivity index (χ4v) is 3.63. The van der Waals surface area contributed by atoms with Crippen LogP contribution < -0.4 is 10.1 Å². The Bertz CT molecular complexity index is 1020. The molecule has 3 aromatic rings. The lowest BCUT2D eigenvalue weighted by Crippen LogP contribution is -2.13. The molecular formula is C25H25NO4S. The van der Waals surface area contributed by atoms with Gasteiger partial charge in [0.2, 0.25) is 0 Å². The number of carbonyl (C=O) groups excluding carboxylic acids is 2. The van der Waals surface area contributed by atoms with Gasteiger partial charge in [0.05, 0.1) is 18.8 Å². The average Bonchev–Trinajstić information content (AvgIpc) is 2.79. The molecule has 0 heterocycles. The van der Waals surface area contributed by atoms with E-state index in [9.17, 15) is 9.59 Å². The maximum atomic E-state index is 12.6. The summed E-state index contributed by atoms with van der Waals surface area (Å²) in [6, 6.07) is 22.3. The van der Waals surface area contributed by atoms with E-state index in [1.165, 1.54) is 4.90 Å². The molecule has 5 nitrogen and oxygen atoms in total. The van der Waals surface area contributed by atoms with Gasteiger partial charge in [-0.2, -0.15) is 0 Å². The van der Waals surface area contributed by atoms with Gasteiger partial charge < -0.3 is 14.8 Å². The Labute approximate surface area is 186 Å². The first-order valence-corrected chi connectivity index (χ1v) is 11.0. The summed E-state index contributed by atoms with van der Waals surface area (Å²) in [5.41, 5.74) is 2.43. The van der Waals surface area contributed by atoms with Crippen LogP contribution in [0.1, 0.15) is 33.2 Å². The molecule has 0 bridgehead atoms. The number of thioether (sulfide) groups is 1. The highest BCUT2D eigenvalue weighted by Gasteiger charge is 2.11. The lowest BCUT2D eigenvalue weighted by molar-refractivity contribution is 0.0526. The van der Waals surface area contributed by atoms with Crippen molar-refractivity contribution in [3.63, 3.8) is 0 Å². The molecule has 0 spiro atoms. The molecule has 0 radical (unpaired) electrons. The van der Waals surface area contributed by atoms with Crippen LogP contribution in [0.2, 0.25) is 0 Å². The molecule has 0 unspecified atom stereocenters. The number of benzene rings is 3. The molecule has 0 aliphatic carbocycles. The Kier molecular flexibility index (Phi) is 8.12. The Balaban J connectivity index is 1.51. The number of anilines is 1. The van der Waals surface area contributed by atoms with Gasteiger partial charge in [0.15, 0.2) is 0 Å². The highest BCUT2D eigenvalue weighted by molar-refractivity contribution is 7.99. The lowest BCUT2D eigenvalue weighted by atomic mass is 10.1. The molecule has 31 heavy (non-hydrogen) atoms. The van der Waals surface area contributed by atoms with Gasteiger partial charge >= 0.3 is 5.97 Å². The summed E-state index contributed by atoms with van der Waals surface area (Å²) >= 11 is 1.74. The summed E-state index contributed by atoms with van der Waals surface area (Å²) in [4.78, 5) is 25.6. The Morgan fingerprint density at radius 2 is 1.65 bits per heavy atom. The Morgan fingerprint density at radius 1 is 0.935 bits per heavy atom. The molecule has 0 saturated carbocycles. The number of ether oxygens (including phenoxy) is 2. The van der Waals surface area contributed by atoms with Crippen LogP contribution in [0.25, 0.3) is 0 Å². The molecule has 3 rings (SSSR count). The second kappa shape index (κ2) is 11.2. The SMILES string of the molecule is CCOC(=O)c1ccc(NC(=O)c2ccc(OCCSc3ccccc3)cc2)c(C)c1. The molecular weight excluding hydrogens is 410 g/mol. The number of amides is 1. The second-order valence-corrected chi connectivity index (χ2v) is 7.91. The quantitative estimate of drug-likeness (QED) is 0.269. The predicted octanol–water partition coefficient (Wildman–Crippen LogP) is 5.60. The molecule has 6 heteroatoms. The molecule has 0 fully saturated rings. The topological polar surface area (TPSA) is 64.6 Å². The average molecular weight is 436 g/mol. The van der Waals surface area contributed by atoms with Crippen LogP contribution in [0.15, 0.2) is 77.7 Å². The molecule has 0 aliphatic heterocycles. The highest BCUT2D eigenvalue weighted by atomic mass is 32.2. The van der Waals surface area contributed by atoms with E-state index in [1.54, 1.807) is 61.2 Å². The molecule has 1 amide bonds. The zero-order valence-corrected chi connectivity index (χ0v) is 18.4. The van der Waals surface area contributed by atoms with Crippen LogP contribution in [0.5, 0.6) is 5.75 Å². The molecule has 0 saturated heterocycles. The van der Waals surface area contributed by atoms with Gasteiger partial charge in [-0.15, -0.1) is 11.8 Å². The van der Waals surface area contributed by atoms with Crippen molar-refractivity contribution >= 4 is 29.3 Å². The van der Waals surface area contributed by atoms with Crippen LogP contribution in [-0.2, 0) is 4.74 Å². The van der Waals surface area contributed by atoms with Crippen LogP contribution in [-0.4, -0.2) is 30.8 Å². The fourth-order valence-electron chi connectivity index (χ4n) is 2.88. The van der Waals surface area contributed by atoms with Crippen LogP contribution in [0.3, 0.4) is 0 Å². The summed E-state index contributed by atoms with van der Waals surface area (Å²) in [5.74, 6) is 0.965. The number of nitrogens with one attached hydrogen (secondary N) is 1.